The Morgan fingerprint density at radius 1 is 1.35 bits per heavy atom. The highest BCUT2D eigenvalue weighted by Gasteiger charge is 2.19. The maximum Gasteiger partial charge on any atom is 0.0738 e. The fourth-order valence-corrected chi connectivity index (χ4v) is 3.54. The van der Waals surface area contributed by atoms with Crippen LogP contribution in [0.5, 0.6) is 0 Å². The molecule has 1 aromatic heterocycles. The highest BCUT2D eigenvalue weighted by Crippen LogP contribution is 2.29. The SMILES string of the molecule is Cc1ccc(C(Cc2c(Br)c(C)nn2C)NN)c(Br)c1. The molecule has 108 valence electrons. The van der Waals surface area contributed by atoms with E-state index in [0.717, 1.165) is 32.3 Å². The van der Waals surface area contributed by atoms with Crippen LogP contribution in [0.25, 0.3) is 0 Å². The zero-order valence-corrected chi connectivity index (χ0v) is 14.9. The molecule has 0 bridgehead atoms. The molecule has 6 heteroatoms. The van der Waals surface area contributed by atoms with Crippen molar-refractivity contribution in [2.75, 3.05) is 0 Å². The molecule has 2 rings (SSSR count). The molecule has 0 radical (unpaired) electrons. The molecule has 0 saturated heterocycles. The first-order valence-corrected chi connectivity index (χ1v) is 7.92. The van der Waals surface area contributed by atoms with Crippen LogP contribution in [0.2, 0.25) is 0 Å². The molecule has 3 N–H and O–H groups in total. The Balaban J connectivity index is 2.33. The first kappa shape index (κ1) is 15.7. The zero-order chi connectivity index (χ0) is 14.9. The van der Waals surface area contributed by atoms with Crippen molar-refractivity contribution >= 4 is 31.9 Å². The van der Waals surface area contributed by atoms with E-state index in [-0.39, 0.29) is 6.04 Å². The van der Waals surface area contributed by atoms with E-state index >= 15 is 0 Å². The Morgan fingerprint density at radius 3 is 2.55 bits per heavy atom. The average molecular weight is 402 g/mol. The third-order valence-corrected chi connectivity index (χ3v) is 5.11. The van der Waals surface area contributed by atoms with Gasteiger partial charge in [-0.25, -0.2) is 0 Å². The lowest BCUT2D eigenvalue weighted by atomic mass is 10.0. The zero-order valence-electron chi connectivity index (χ0n) is 11.7. The van der Waals surface area contributed by atoms with Gasteiger partial charge in [0.2, 0.25) is 0 Å². The molecule has 1 heterocycles. The van der Waals surface area contributed by atoms with Crippen LogP contribution in [0.15, 0.2) is 27.1 Å². The van der Waals surface area contributed by atoms with Gasteiger partial charge in [-0.3, -0.25) is 16.0 Å². The molecule has 0 aliphatic carbocycles. The Labute approximate surface area is 136 Å². The molecule has 0 spiro atoms. The van der Waals surface area contributed by atoms with Gasteiger partial charge in [0.15, 0.2) is 0 Å². The molecule has 0 amide bonds. The van der Waals surface area contributed by atoms with E-state index < -0.39 is 0 Å². The van der Waals surface area contributed by atoms with Crippen LogP contribution < -0.4 is 11.3 Å². The summed E-state index contributed by atoms with van der Waals surface area (Å²) in [5.41, 5.74) is 7.37. The van der Waals surface area contributed by atoms with Crippen LogP contribution in [-0.2, 0) is 13.5 Å². The summed E-state index contributed by atoms with van der Waals surface area (Å²) in [4.78, 5) is 0. The summed E-state index contributed by atoms with van der Waals surface area (Å²) in [7, 11) is 1.95. The van der Waals surface area contributed by atoms with Crippen LogP contribution in [0, 0.1) is 13.8 Å². The van der Waals surface area contributed by atoms with Crippen LogP contribution in [0.4, 0.5) is 0 Å². The molecule has 2 aromatic rings. The summed E-state index contributed by atoms with van der Waals surface area (Å²) in [5.74, 6) is 5.75. The monoisotopic (exact) mass is 400 g/mol. The fraction of sp³-hybridized carbons (Fsp3) is 0.357. The number of nitrogens with one attached hydrogen (secondary N) is 1. The number of aromatic nitrogens is 2. The van der Waals surface area contributed by atoms with Crippen LogP contribution in [0.3, 0.4) is 0 Å². The highest BCUT2D eigenvalue weighted by atomic mass is 79.9. The number of hydrazine groups is 1. The van der Waals surface area contributed by atoms with E-state index in [9.17, 15) is 0 Å². The number of hydrogen-bond donors (Lipinski definition) is 2. The van der Waals surface area contributed by atoms with Crippen molar-refractivity contribution in [3.8, 4) is 0 Å². The maximum absolute atomic E-state index is 5.75. The van der Waals surface area contributed by atoms with Crippen LogP contribution >= 0.6 is 31.9 Å². The Bertz CT molecular complexity index is 622. The quantitative estimate of drug-likeness (QED) is 0.610. The molecule has 1 unspecified atom stereocenters. The number of rotatable bonds is 4. The predicted octanol–water partition coefficient (Wildman–Crippen LogP) is 3.31. The summed E-state index contributed by atoms with van der Waals surface area (Å²) >= 11 is 7.21. The third-order valence-electron chi connectivity index (χ3n) is 3.39. The van der Waals surface area contributed by atoms with Crippen molar-refractivity contribution in [3.63, 3.8) is 0 Å². The van der Waals surface area contributed by atoms with Crippen molar-refractivity contribution in [2.45, 2.75) is 26.3 Å². The molecular formula is C14H18Br2N4. The minimum Gasteiger partial charge on any atom is -0.271 e. The van der Waals surface area contributed by atoms with E-state index in [1.165, 1.54) is 5.56 Å². The van der Waals surface area contributed by atoms with E-state index in [2.05, 4.69) is 67.5 Å². The first-order valence-electron chi connectivity index (χ1n) is 6.34. The largest absolute Gasteiger partial charge is 0.271 e. The van der Waals surface area contributed by atoms with Gasteiger partial charge >= 0.3 is 0 Å². The summed E-state index contributed by atoms with van der Waals surface area (Å²) in [6.45, 7) is 4.06. The lowest BCUT2D eigenvalue weighted by Gasteiger charge is -2.18. The number of hydrogen-bond acceptors (Lipinski definition) is 3. The summed E-state index contributed by atoms with van der Waals surface area (Å²) in [5, 5.41) is 4.42. The number of halogens is 2. The van der Waals surface area contributed by atoms with Crippen LogP contribution in [0.1, 0.15) is 28.6 Å². The Kier molecular flexibility index (Phi) is 5.01. The number of nitrogens with two attached hydrogens (primary N) is 1. The number of aryl methyl sites for hydroxylation is 3. The summed E-state index contributed by atoms with van der Waals surface area (Å²) in [6, 6.07) is 6.31. The molecular weight excluding hydrogens is 384 g/mol. The van der Waals surface area contributed by atoms with Gasteiger partial charge in [-0.2, -0.15) is 5.10 Å². The average Bonchev–Trinajstić information content (AvgIpc) is 2.62. The van der Waals surface area contributed by atoms with Crippen molar-refractivity contribution in [3.05, 3.63) is 49.7 Å². The van der Waals surface area contributed by atoms with E-state index in [4.69, 9.17) is 5.84 Å². The van der Waals surface area contributed by atoms with Gasteiger partial charge in [0.05, 0.1) is 21.9 Å². The van der Waals surface area contributed by atoms with E-state index in [1.807, 2.05) is 18.7 Å². The fourth-order valence-electron chi connectivity index (χ4n) is 2.27. The van der Waals surface area contributed by atoms with Crippen molar-refractivity contribution in [1.82, 2.24) is 15.2 Å². The highest BCUT2D eigenvalue weighted by molar-refractivity contribution is 9.10. The molecule has 1 aromatic carbocycles. The summed E-state index contributed by atoms with van der Waals surface area (Å²) in [6.07, 6.45) is 0.760. The van der Waals surface area contributed by atoms with Gasteiger partial charge in [0.25, 0.3) is 0 Å². The van der Waals surface area contributed by atoms with Crippen molar-refractivity contribution in [2.24, 2.45) is 12.9 Å². The number of nitrogens with zero attached hydrogens (tertiary/aromatic N) is 2. The molecule has 1 atom stereocenters. The molecule has 0 fully saturated rings. The van der Waals surface area contributed by atoms with Gasteiger partial charge in [-0.05, 0) is 47.0 Å². The van der Waals surface area contributed by atoms with Crippen molar-refractivity contribution < 1.29 is 0 Å². The second-order valence-electron chi connectivity index (χ2n) is 4.92. The van der Waals surface area contributed by atoms with Crippen molar-refractivity contribution in [1.29, 1.82) is 0 Å². The third kappa shape index (κ3) is 3.14. The molecule has 20 heavy (non-hydrogen) atoms. The normalized spacial score (nSPS) is 12.7. The molecule has 4 nitrogen and oxygen atoms in total. The van der Waals surface area contributed by atoms with Gasteiger partial charge < -0.3 is 0 Å². The van der Waals surface area contributed by atoms with E-state index in [1.54, 1.807) is 0 Å². The Hall–Kier alpha value is -0.690. The summed E-state index contributed by atoms with van der Waals surface area (Å²) < 4.78 is 4.00. The Morgan fingerprint density at radius 2 is 2.05 bits per heavy atom. The van der Waals surface area contributed by atoms with Gasteiger partial charge in [0.1, 0.15) is 0 Å². The lowest BCUT2D eigenvalue weighted by molar-refractivity contribution is 0.527. The smallest absolute Gasteiger partial charge is 0.0738 e. The van der Waals surface area contributed by atoms with E-state index in [0.29, 0.717) is 0 Å². The van der Waals surface area contributed by atoms with Crippen LogP contribution in [-0.4, -0.2) is 9.78 Å². The van der Waals surface area contributed by atoms with Gasteiger partial charge in [0, 0.05) is 17.9 Å². The minimum atomic E-state index is 0.0241. The van der Waals surface area contributed by atoms with Gasteiger partial charge in [-0.15, -0.1) is 0 Å². The second kappa shape index (κ2) is 6.39. The molecule has 0 saturated carbocycles. The molecule has 0 aliphatic rings. The predicted molar refractivity (Wildman–Crippen MR) is 88.3 cm³/mol. The first-order chi connectivity index (χ1) is 9.43. The molecule has 0 aliphatic heterocycles. The lowest BCUT2D eigenvalue weighted by Crippen LogP contribution is -2.30. The standard InChI is InChI=1S/C14H18Br2N4/c1-8-4-5-10(11(15)6-8)12(18-17)7-13-14(16)9(2)19-20(13)3/h4-6,12,18H,7,17H2,1-3H3. The second-order valence-corrected chi connectivity index (χ2v) is 6.57. The van der Waals surface area contributed by atoms with Gasteiger partial charge in [-0.1, -0.05) is 28.1 Å². The number of benzene rings is 1. The minimum absolute atomic E-state index is 0.0241. The maximum atomic E-state index is 5.75. The topological polar surface area (TPSA) is 55.9 Å².